The van der Waals surface area contributed by atoms with Gasteiger partial charge in [-0.05, 0) is 24.3 Å². The first-order chi connectivity index (χ1) is 16.1. The van der Waals surface area contributed by atoms with Crippen molar-refractivity contribution in [1.82, 2.24) is 29.0 Å². The molecule has 0 unspecified atom stereocenters. The van der Waals surface area contributed by atoms with Crippen LogP contribution in [0.3, 0.4) is 0 Å². The highest BCUT2D eigenvalue weighted by Crippen LogP contribution is 2.24. The Morgan fingerprint density at radius 3 is 2.79 bits per heavy atom. The third kappa shape index (κ3) is 3.91. The third-order valence-electron chi connectivity index (χ3n) is 5.25. The highest BCUT2D eigenvalue weighted by molar-refractivity contribution is 7.99. The van der Waals surface area contributed by atoms with Gasteiger partial charge in [-0.2, -0.15) is 0 Å². The highest BCUT2D eigenvalue weighted by atomic mass is 32.2. The van der Waals surface area contributed by atoms with Crippen molar-refractivity contribution in [3.63, 3.8) is 0 Å². The Kier molecular flexibility index (Phi) is 5.69. The number of carbonyl (C=O) groups excluding carboxylic acids is 1. The summed E-state index contributed by atoms with van der Waals surface area (Å²) in [6, 6.07) is 15.3. The number of hydrogen-bond acceptors (Lipinski definition) is 7. The van der Waals surface area contributed by atoms with Crippen molar-refractivity contribution < 1.29 is 4.79 Å². The summed E-state index contributed by atoms with van der Waals surface area (Å²) in [5.41, 5.74) is 1.51. The molecule has 0 aliphatic heterocycles. The number of hydrogen-bond donors (Lipinski definition) is 0. The van der Waals surface area contributed by atoms with Crippen LogP contribution in [0.2, 0.25) is 0 Å². The third-order valence-corrected chi connectivity index (χ3v) is 7.19. The predicted octanol–water partition coefficient (Wildman–Crippen LogP) is 3.59. The number of aromatic nitrogens is 5. The molecule has 3 aromatic heterocycles. The summed E-state index contributed by atoms with van der Waals surface area (Å²) in [4.78, 5) is 32.0. The van der Waals surface area contributed by atoms with Crippen LogP contribution >= 0.6 is 23.1 Å². The number of amides is 1. The minimum absolute atomic E-state index is 0.0419. The molecule has 5 aromatic rings. The molecule has 0 saturated carbocycles. The second-order valence-corrected chi connectivity index (χ2v) is 9.51. The highest BCUT2D eigenvalue weighted by Gasteiger charge is 2.18. The maximum absolute atomic E-state index is 12.9. The van der Waals surface area contributed by atoms with Crippen molar-refractivity contribution in [2.75, 3.05) is 12.8 Å². The van der Waals surface area contributed by atoms with Gasteiger partial charge in [0.05, 0.1) is 33.4 Å². The Morgan fingerprint density at radius 2 is 1.97 bits per heavy atom. The summed E-state index contributed by atoms with van der Waals surface area (Å²) in [6.07, 6.45) is 1.65. The first-order valence-corrected chi connectivity index (χ1v) is 12.1. The fraction of sp³-hybridized carbons (Fsp3) is 0.174. The molecule has 0 atom stereocenters. The summed E-state index contributed by atoms with van der Waals surface area (Å²) in [5, 5.41) is 10.5. The van der Waals surface area contributed by atoms with Crippen LogP contribution in [0.25, 0.3) is 26.9 Å². The molecule has 0 spiro atoms. The van der Waals surface area contributed by atoms with Gasteiger partial charge in [0.2, 0.25) is 11.7 Å². The van der Waals surface area contributed by atoms with E-state index in [1.807, 2.05) is 46.9 Å². The van der Waals surface area contributed by atoms with Gasteiger partial charge in [-0.25, -0.2) is 4.98 Å². The van der Waals surface area contributed by atoms with Gasteiger partial charge in [0, 0.05) is 13.6 Å². The second kappa shape index (κ2) is 8.80. The monoisotopic (exact) mass is 476 g/mol. The van der Waals surface area contributed by atoms with E-state index in [0.717, 1.165) is 15.2 Å². The summed E-state index contributed by atoms with van der Waals surface area (Å²) in [7, 11) is 1.77. The minimum atomic E-state index is -0.145. The van der Waals surface area contributed by atoms with Gasteiger partial charge in [0.1, 0.15) is 5.01 Å². The molecule has 3 heterocycles. The van der Waals surface area contributed by atoms with Gasteiger partial charge in [0.25, 0.3) is 5.56 Å². The molecular formula is C23H20N6O2S2. The Labute approximate surface area is 197 Å². The number of nitrogens with zero attached hydrogens (tertiary/aromatic N) is 6. The first-order valence-electron chi connectivity index (χ1n) is 10.3. The number of rotatable bonds is 7. The van der Waals surface area contributed by atoms with E-state index < -0.39 is 0 Å². The van der Waals surface area contributed by atoms with Crippen LogP contribution in [0.4, 0.5) is 0 Å². The zero-order valence-electron chi connectivity index (χ0n) is 17.8. The summed E-state index contributed by atoms with van der Waals surface area (Å²) < 4.78 is 4.47. The van der Waals surface area contributed by atoms with Gasteiger partial charge in [-0.15, -0.1) is 28.1 Å². The molecular weight excluding hydrogens is 456 g/mol. The quantitative estimate of drug-likeness (QED) is 0.264. The average molecular weight is 477 g/mol. The maximum Gasteiger partial charge on any atom is 0.263 e. The van der Waals surface area contributed by atoms with Crippen molar-refractivity contribution >= 4 is 55.9 Å². The number of para-hydroxylation sites is 2. The van der Waals surface area contributed by atoms with Gasteiger partial charge in [-0.3, -0.25) is 18.6 Å². The lowest BCUT2D eigenvalue weighted by Gasteiger charge is -2.15. The van der Waals surface area contributed by atoms with Crippen molar-refractivity contribution in [3.05, 3.63) is 76.5 Å². The first kappa shape index (κ1) is 21.4. The zero-order chi connectivity index (χ0) is 22.9. The molecule has 2 aromatic carbocycles. The molecule has 0 aliphatic rings. The van der Waals surface area contributed by atoms with E-state index in [2.05, 4.69) is 21.8 Å². The van der Waals surface area contributed by atoms with Crippen LogP contribution in [0.15, 0.2) is 71.1 Å². The normalized spacial score (nSPS) is 11.4. The molecule has 0 N–H and O–H groups in total. The lowest BCUT2D eigenvalue weighted by atomic mass is 10.2. The van der Waals surface area contributed by atoms with E-state index in [1.54, 1.807) is 35.4 Å². The summed E-state index contributed by atoms with van der Waals surface area (Å²) >= 11 is 2.89. The number of thiazole rings is 1. The predicted molar refractivity (Wildman–Crippen MR) is 132 cm³/mol. The van der Waals surface area contributed by atoms with E-state index in [4.69, 9.17) is 0 Å². The van der Waals surface area contributed by atoms with Gasteiger partial charge in [0.15, 0.2) is 5.16 Å². The Hall–Kier alpha value is -3.50. The van der Waals surface area contributed by atoms with Crippen molar-refractivity contribution in [2.45, 2.75) is 18.2 Å². The Balaban J connectivity index is 1.39. The molecule has 0 fully saturated rings. The molecule has 10 heteroatoms. The summed E-state index contributed by atoms with van der Waals surface area (Å²) in [5.74, 6) is 0.577. The summed E-state index contributed by atoms with van der Waals surface area (Å²) in [6.45, 7) is 4.51. The molecule has 0 aliphatic carbocycles. The number of thioether (sulfide) groups is 1. The largest absolute Gasteiger partial charge is 0.338 e. The topological polar surface area (TPSA) is 85.4 Å². The van der Waals surface area contributed by atoms with E-state index >= 15 is 0 Å². The van der Waals surface area contributed by atoms with Gasteiger partial charge < -0.3 is 4.90 Å². The zero-order valence-corrected chi connectivity index (χ0v) is 19.5. The fourth-order valence-corrected chi connectivity index (χ4v) is 5.54. The number of carbonyl (C=O) groups is 1. The van der Waals surface area contributed by atoms with E-state index in [1.165, 1.54) is 16.3 Å². The Bertz CT molecular complexity index is 1540. The average Bonchev–Trinajstić information content (AvgIpc) is 3.43. The van der Waals surface area contributed by atoms with Gasteiger partial charge in [-0.1, -0.05) is 42.1 Å². The van der Waals surface area contributed by atoms with Crippen LogP contribution in [0.5, 0.6) is 0 Å². The lowest BCUT2D eigenvalue weighted by Crippen LogP contribution is -2.27. The van der Waals surface area contributed by atoms with Crippen LogP contribution in [-0.2, 0) is 17.9 Å². The maximum atomic E-state index is 12.9. The number of allylic oxidation sites excluding steroid dienone is 1. The van der Waals surface area contributed by atoms with E-state index in [-0.39, 0.29) is 17.2 Å². The smallest absolute Gasteiger partial charge is 0.263 e. The molecule has 8 nitrogen and oxygen atoms in total. The van der Waals surface area contributed by atoms with Crippen LogP contribution < -0.4 is 5.56 Å². The molecule has 5 rings (SSSR count). The SMILES string of the molecule is C=CCn1c(=O)c2ccccc2n2c(SCC(=O)N(C)Cc3nc4ccccc4s3)nnc12. The molecule has 0 bridgehead atoms. The Morgan fingerprint density at radius 1 is 1.18 bits per heavy atom. The van der Waals surface area contributed by atoms with Crippen LogP contribution in [0.1, 0.15) is 5.01 Å². The van der Waals surface area contributed by atoms with Crippen LogP contribution in [-0.4, -0.2) is 47.8 Å². The van der Waals surface area contributed by atoms with Crippen molar-refractivity contribution in [1.29, 1.82) is 0 Å². The van der Waals surface area contributed by atoms with Crippen LogP contribution in [0, 0.1) is 0 Å². The lowest BCUT2D eigenvalue weighted by molar-refractivity contribution is -0.127. The number of benzene rings is 2. The number of fused-ring (bicyclic) bond motifs is 4. The van der Waals surface area contributed by atoms with Crippen molar-refractivity contribution in [3.8, 4) is 0 Å². The molecule has 33 heavy (non-hydrogen) atoms. The second-order valence-electron chi connectivity index (χ2n) is 7.45. The molecule has 0 radical (unpaired) electrons. The standard InChI is InChI=1S/C23H20N6O2S2/c1-3-12-28-21(31)15-8-4-6-10-17(15)29-22(28)25-26-23(29)32-14-20(30)27(2)13-19-24-16-9-5-7-11-18(16)33-19/h3-11H,1,12-14H2,2H3. The molecule has 1 amide bonds. The van der Waals surface area contributed by atoms with E-state index in [9.17, 15) is 9.59 Å². The van der Waals surface area contributed by atoms with Gasteiger partial charge >= 0.3 is 0 Å². The van der Waals surface area contributed by atoms with E-state index in [0.29, 0.717) is 34.9 Å². The molecule has 0 saturated heterocycles. The fourth-order valence-electron chi connectivity index (χ4n) is 3.64. The minimum Gasteiger partial charge on any atom is -0.338 e. The van der Waals surface area contributed by atoms with Crippen molar-refractivity contribution in [2.24, 2.45) is 0 Å². The molecule has 166 valence electrons.